The number of nitrogens with two attached hydrogens (primary N) is 1. The number of nitrogens with zero attached hydrogens (tertiary/aromatic N) is 1. The summed E-state index contributed by atoms with van der Waals surface area (Å²) in [6.07, 6.45) is 3.13. The van der Waals surface area contributed by atoms with Crippen LogP contribution < -0.4 is 15.2 Å². The molecular formula is C15H22N2O3. The Bertz CT molecular complexity index is 476. The van der Waals surface area contributed by atoms with Gasteiger partial charge in [0.1, 0.15) is 11.5 Å². The molecule has 110 valence electrons. The van der Waals surface area contributed by atoms with Crippen molar-refractivity contribution in [1.82, 2.24) is 4.90 Å². The van der Waals surface area contributed by atoms with Gasteiger partial charge in [0.05, 0.1) is 19.8 Å². The molecule has 0 spiro atoms. The molecule has 5 heteroatoms. The van der Waals surface area contributed by atoms with E-state index in [1.807, 2.05) is 4.90 Å². The molecule has 1 saturated heterocycles. The van der Waals surface area contributed by atoms with Crippen LogP contribution in [0, 0.1) is 0 Å². The average Bonchev–Trinajstić information content (AvgIpc) is 2.53. The van der Waals surface area contributed by atoms with Crippen molar-refractivity contribution in [3.8, 4) is 11.5 Å². The molecular weight excluding hydrogens is 256 g/mol. The van der Waals surface area contributed by atoms with E-state index < -0.39 is 0 Å². The van der Waals surface area contributed by atoms with E-state index in [1.165, 1.54) is 0 Å². The monoisotopic (exact) mass is 278 g/mol. The average molecular weight is 278 g/mol. The van der Waals surface area contributed by atoms with E-state index in [1.54, 1.807) is 32.4 Å². The molecule has 1 aliphatic rings. The standard InChI is InChI=1S/C15H22N2O3/c1-19-12-6-7-13(14(9-12)20-2)15(18)17-8-4-3-5-11(17)10-16/h6-7,9,11H,3-5,8,10,16H2,1-2H3. The number of hydrogen-bond donors (Lipinski definition) is 1. The van der Waals surface area contributed by atoms with Crippen LogP contribution in [0.3, 0.4) is 0 Å². The zero-order valence-electron chi connectivity index (χ0n) is 12.1. The molecule has 1 fully saturated rings. The first-order chi connectivity index (χ1) is 9.71. The van der Waals surface area contributed by atoms with Crippen molar-refractivity contribution in [2.75, 3.05) is 27.3 Å². The van der Waals surface area contributed by atoms with Crippen LogP contribution in [0.5, 0.6) is 11.5 Å². The zero-order chi connectivity index (χ0) is 14.5. The van der Waals surface area contributed by atoms with E-state index in [0.717, 1.165) is 25.8 Å². The quantitative estimate of drug-likeness (QED) is 0.909. The Labute approximate surface area is 119 Å². The number of methoxy groups -OCH3 is 2. The second-order valence-electron chi connectivity index (χ2n) is 4.95. The molecule has 0 saturated carbocycles. The van der Waals surface area contributed by atoms with Gasteiger partial charge in [-0.2, -0.15) is 0 Å². The Kier molecular flexibility index (Phi) is 4.84. The summed E-state index contributed by atoms with van der Waals surface area (Å²) in [5, 5.41) is 0. The molecule has 5 nitrogen and oxygen atoms in total. The van der Waals surface area contributed by atoms with Crippen LogP contribution >= 0.6 is 0 Å². The van der Waals surface area contributed by atoms with Gasteiger partial charge in [0, 0.05) is 25.2 Å². The Morgan fingerprint density at radius 3 is 2.80 bits per heavy atom. The predicted octanol–water partition coefficient (Wildman–Crippen LogP) is 1.66. The van der Waals surface area contributed by atoms with Crippen molar-refractivity contribution in [3.63, 3.8) is 0 Å². The highest BCUT2D eigenvalue weighted by Crippen LogP contribution is 2.28. The zero-order valence-corrected chi connectivity index (χ0v) is 12.1. The van der Waals surface area contributed by atoms with Gasteiger partial charge in [0.2, 0.25) is 0 Å². The van der Waals surface area contributed by atoms with Gasteiger partial charge in [-0.15, -0.1) is 0 Å². The minimum atomic E-state index is -0.0142. The van der Waals surface area contributed by atoms with Crippen molar-refractivity contribution in [2.24, 2.45) is 5.73 Å². The van der Waals surface area contributed by atoms with Gasteiger partial charge in [-0.25, -0.2) is 0 Å². The summed E-state index contributed by atoms with van der Waals surface area (Å²) < 4.78 is 10.5. The summed E-state index contributed by atoms with van der Waals surface area (Å²) in [5.74, 6) is 1.20. The Hall–Kier alpha value is -1.75. The Morgan fingerprint density at radius 1 is 1.35 bits per heavy atom. The van der Waals surface area contributed by atoms with Crippen LogP contribution in [0.4, 0.5) is 0 Å². The van der Waals surface area contributed by atoms with E-state index in [4.69, 9.17) is 15.2 Å². The lowest BCUT2D eigenvalue weighted by Gasteiger charge is -2.35. The highest BCUT2D eigenvalue weighted by molar-refractivity contribution is 5.97. The smallest absolute Gasteiger partial charge is 0.257 e. The summed E-state index contributed by atoms with van der Waals surface area (Å²) >= 11 is 0. The van der Waals surface area contributed by atoms with E-state index in [0.29, 0.717) is 23.6 Å². The summed E-state index contributed by atoms with van der Waals surface area (Å²) in [5.41, 5.74) is 6.34. The van der Waals surface area contributed by atoms with E-state index in [-0.39, 0.29) is 11.9 Å². The molecule has 0 radical (unpaired) electrons. The van der Waals surface area contributed by atoms with Gasteiger partial charge in [0.25, 0.3) is 5.91 Å². The number of hydrogen-bond acceptors (Lipinski definition) is 4. The maximum atomic E-state index is 12.7. The van der Waals surface area contributed by atoms with Gasteiger partial charge in [-0.1, -0.05) is 0 Å². The molecule has 1 unspecified atom stereocenters. The summed E-state index contributed by atoms with van der Waals surface area (Å²) in [7, 11) is 3.15. The van der Waals surface area contributed by atoms with Gasteiger partial charge < -0.3 is 20.1 Å². The second-order valence-corrected chi connectivity index (χ2v) is 4.95. The molecule has 0 aliphatic carbocycles. The molecule has 1 aromatic rings. The maximum Gasteiger partial charge on any atom is 0.257 e. The van der Waals surface area contributed by atoms with Gasteiger partial charge in [-0.05, 0) is 31.4 Å². The number of carbonyl (C=O) groups is 1. The van der Waals surface area contributed by atoms with Crippen molar-refractivity contribution >= 4 is 5.91 Å². The molecule has 2 N–H and O–H groups in total. The number of piperidine rings is 1. The molecule has 1 aromatic carbocycles. The van der Waals surface area contributed by atoms with Gasteiger partial charge in [-0.3, -0.25) is 4.79 Å². The number of benzene rings is 1. The first-order valence-electron chi connectivity index (χ1n) is 6.94. The fraction of sp³-hybridized carbons (Fsp3) is 0.533. The van der Waals surface area contributed by atoms with E-state index in [9.17, 15) is 4.79 Å². The first-order valence-corrected chi connectivity index (χ1v) is 6.94. The van der Waals surface area contributed by atoms with E-state index in [2.05, 4.69) is 0 Å². The normalized spacial score (nSPS) is 18.8. The lowest BCUT2D eigenvalue weighted by molar-refractivity contribution is 0.0620. The highest BCUT2D eigenvalue weighted by atomic mass is 16.5. The third kappa shape index (κ3) is 2.88. The number of rotatable bonds is 4. The number of amides is 1. The van der Waals surface area contributed by atoms with Crippen LogP contribution in [0.15, 0.2) is 18.2 Å². The molecule has 0 aromatic heterocycles. The van der Waals surface area contributed by atoms with Crippen LogP contribution in [0.2, 0.25) is 0 Å². The first kappa shape index (κ1) is 14.7. The van der Waals surface area contributed by atoms with Crippen LogP contribution in [-0.2, 0) is 0 Å². The third-order valence-corrected chi connectivity index (χ3v) is 3.80. The van der Waals surface area contributed by atoms with Crippen molar-refractivity contribution in [3.05, 3.63) is 23.8 Å². The molecule has 1 aliphatic heterocycles. The predicted molar refractivity (Wildman–Crippen MR) is 77.3 cm³/mol. The SMILES string of the molecule is COc1ccc(C(=O)N2CCCCC2CN)c(OC)c1. The number of likely N-dealkylation sites (tertiary alicyclic amines) is 1. The van der Waals surface area contributed by atoms with Crippen molar-refractivity contribution < 1.29 is 14.3 Å². The lowest BCUT2D eigenvalue weighted by Crippen LogP contribution is -2.47. The molecule has 1 atom stereocenters. The second kappa shape index (κ2) is 6.61. The van der Waals surface area contributed by atoms with Gasteiger partial charge in [0.15, 0.2) is 0 Å². The fourth-order valence-electron chi connectivity index (χ4n) is 2.64. The third-order valence-electron chi connectivity index (χ3n) is 3.80. The van der Waals surface area contributed by atoms with Crippen LogP contribution in [0.1, 0.15) is 29.6 Å². The minimum Gasteiger partial charge on any atom is -0.497 e. The Morgan fingerprint density at radius 2 is 2.15 bits per heavy atom. The topological polar surface area (TPSA) is 64.8 Å². The summed E-state index contributed by atoms with van der Waals surface area (Å²) in [4.78, 5) is 14.6. The Balaban J connectivity index is 2.27. The van der Waals surface area contributed by atoms with Crippen molar-refractivity contribution in [1.29, 1.82) is 0 Å². The highest BCUT2D eigenvalue weighted by Gasteiger charge is 2.28. The number of carbonyl (C=O) groups excluding carboxylic acids is 1. The number of ether oxygens (including phenoxy) is 2. The summed E-state index contributed by atoms with van der Waals surface area (Å²) in [6, 6.07) is 5.39. The summed E-state index contributed by atoms with van der Waals surface area (Å²) in [6.45, 7) is 1.26. The molecule has 0 bridgehead atoms. The molecule has 1 amide bonds. The van der Waals surface area contributed by atoms with E-state index >= 15 is 0 Å². The largest absolute Gasteiger partial charge is 0.497 e. The lowest BCUT2D eigenvalue weighted by atomic mass is 10.0. The van der Waals surface area contributed by atoms with Crippen LogP contribution in [0.25, 0.3) is 0 Å². The maximum absolute atomic E-state index is 12.7. The van der Waals surface area contributed by atoms with Crippen LogP contribution in [-0.4, -0.2) is 44.2 Å². The fourth-order valence-corrected chi connectivity index (χ4v) is 2.64. The molecule has 2 rings (SSSR count). The van der Waals surface area contributed by atoms with Gasteiger partial charge >= 0.3 is 0 Å². The van der Waals surface area contributed by atoms with Crippen molar-refractivity contribution in [2.45, 2.75) is 25.3 Å². The molecule has 20 heavy (non-hydrogen) atoms. The molecule has 1 heterocycles. The minimum absolute atomic E-state index is 0.0142.